The summed E-state index contributed by atoms with van der Waals surface area (Å²) in [4.78, 5) is 50.7. The lowest BCUT2D eigenvalue weighted by molar-refractivity contribution is -0.159. The number of aliphatic hydroxyl groups is 1. The van der Waals surface area contributed by atoms with Gasteiger partial charge in [-0.3, -0.25) is 9.59 Å². The number of ether oxygens (including phenoxy) is 2. The zero-order valence-electron chi connectivity index (χ0n) is 25.3. The lowest BCUT2D eigenvalue weighted by atomic mass is 9.98. The number of carbonyl (C=O) groups is 4. The van der Waals surface area contributed by atoms with E-state index in [-0.39, 0.29) is 18.9 Å². The Bertz CT molecular complexity index is 1440. The second-order valence-electron chi connectivity index (χ2n) is 11.7. The number of hydrogen-bond donors (Lipinski definition) is 4. The predicted octanol–water partition coefficient (Wildman–Crippen LogP) is 3.46. The summed E-state index contributed by atoms with van der Waals surface area (Å²) in [6, 6.07) is 22.9. The molecule has 0 heterocycles. The fraction of sp³-hybridized carbons (Fsp3) is 0.353. The van der Waals surface area contributed by atoms with Crippen LogP contribution in [0.4, 0.5) is 4.79 Å². The molecule has 0 saturated heterocycles. The Morgan fingerprint density at radius 2 is 1.39 bits per heavy atom. The number of aliphatic hydroxyl groups excluding tert-OH is 1. The minimum absolute atomic E-state index is 0.0921. The van der Waals surface area contributed by atoms with Gasteiger partial charge in [-0.25, -0.2) is 9.59 Å². The van der Waals surface area contributed by atoms with Crippen LogP contribution in [0.2, 0.25) is 0 Å². The van der Waals surface area contributed by atoms with Crippen molar-refractivity contribution in [2.24, 2.45) is 0 Å². The quantitative estimate of drug-likeness (QED) is 0.247. The number of hydrogen-bond acceptors (Lipinski definition) is 7. The summed E-state index contributed by atoms with van der Waals surface area (Å²) in [5, 5.41) is 17.9. The number of amides is 3. The first-order valence-electron chi connectivity index (χ1n) is 14.6. The number of rotatable bonds is 11. The summed E-state index contributed by atoms with van der Waals surface area (Å²) in [5.41, 5.74) is 4.35. The van der Waals surface area contributed by atoms with Crippen LogP contribution in [0.15, 0.2) is 78.9 Å². The van der Waals surface area contributed by atoms with Gasteiger partial charge in [-0.15, -0.1) is 0 Å². The third kappa shape index (κ3) is 8.44. The summed E-state index contributed by atoms with van der Waals surface area (Å²) in [6.45, 7) is 6.27. The van der Waals surface area contributed by atoms with Crippen molar-refractivity contribution in [3.05, 3.63) is 95.6 Å². The van der Waals surface area contributed by atoms with Crippen molar-refractivity contribution in [2.75, 3.05) is 13.2 Å². The van der Waals surface area contributed by atoms with Gasteiger partial charge in [-0.2, -0.15) is 0 Å². The van der Waals surface area contributed by atoms with Gasteiger partial charge < -0.3 is 30.5 Å². The Labute approximate surface area is 257 Å². The van der Waals surface area contributed by atoms with E-state index in [0.29, 0.717) is 0 Å². The van der Waals surface area contributed by atoms with Crippen LogP contribution < -0.4 is 16.0 Å². The fourth-order valence-electron chi connectivity index (χ4n) is 5.01. The van der Waals surface area contributed by atoms with Gasteiger partial charge in [0.25, 0.3) is 5.91 Å². The highest BCUT2D eigenvalue weighted by atomic mass is 16.6. The molecule has 0 spiro atoms. The second-order valence-corrected chi connectivity index (χ2v) is 11.7. The van der Waals surface area contributed by atoms with Crippen LogP contribution in [0.3, 0.4) is 0 Å². The van der Waals surface area contributed by atoms with E-state index < -0.39 is 54.2 Å². The third-order valence-corrected chi connectivity index (χ3v) is 7.13. The van der Waals surface area contributed by atoms with Gasteiger partial charge in [0.2, 0.25) is 5.91 Å². The summed E-state index contributed by atoms with van der Waals surface area (Å²) >= 11 is 0. The molecule has 0 radical (unpaired) electrons. The topological polar surface area (TPSA) is 143 Å². The minimum Gasteiger partial charge on any atom is -0.458 e. The fourth-order valence-corrected chi connectivity index (χ4v) is 5.01. The molecule has 0 aromatic heterocycles. The van der Waals surface area contributed by atoms with Crippen molar-refractivity contribution in [1.29, 1.82) is 0 Å². The molecule has 0 fully saturated rings. The van der Waals surface area contributed by atoms with Crippen LogP contribution >= 0.6 is 0 Å². The summed E-state index contributed by atoms with van der Waals surface area (Å²) < 4.78 is 10.9. The van der Waals surface area contributed by atoms with Crippen LogP contribution in [0.25, 0.3) is 11.1 Å². The van der Waals surface area contributed by atoms with E-state index in [1.165, 1.54) is 6.92 Å². The van der Waals surface area contributed by atoms with E-state index in [0.717, 1.165) is 27.8 Å². The maximum atomic E-state index is 12.8. The van der Waals surface area contributed by atoms with Crippen LogP contribution in [0, 0.1) is 0 Å². The van der Waals surface area contributed by atoms with Gasteiger partial charge in [0, 0.05) is 12.3 Å². The molecule has 4 N–H and O–H groups in total. The van der Waals surface area contributed by atoms with Crippen LogP contribution in [-0.2, 0) is 30.3 Å². The number of esters is 1. The van der Waals surface area contributed by atoms with Gasteiger partial charge in [-0.1, -0.05) is 78.9 Å². The molecule has 232 valence electrons. The molecule has 3 aromatic rings. The van der Waals surface area contributed by atoms with Crippen molar-refractivity contribution in [2.45, 2.75) is 63.8 Å². The van der Waals surface area contributed by atoms with Gasteiger partial charge in [0.1, 0.15) is 30.4 Å². The Morgan fingerprint density at radius 1 is 0.818 bits per heavy atom. The number of nitrogens with one attached hydrogen (secondary N) is 3. The molecule has 3 aromatic carbocycles. The highest BCUT2D eigenvalue weighted by Gasteiger charge is 2.31. The number of carbonyl (C=O) groups excluding carboxylic acids is 4. The normalized spacial score (nSPS) is 14.3. The molecule has 4 rings (SSSR count). The minimum atomic E-state index is -1.65. The Hall–Kier alpha value is -4.70. The van der Waals surface area contributed by atoms with E-state index in [4.69, 9.17) is 9.47 Å². The summed E-state index contributed by atoms with van der Waals surface area (Å²) in [7, 11) is 0. The molecule has 44 heavy (non-hydrogen) atoms. The molecule has 1 aliphatic rings. The highest BCUT2D eigenvalue weighted by Crippen LogP contribution is 2.44. The zero-order valence-corrected chi connectivity index (χ0v) is 25.3. The van der Waals surface area contributed by atoms with E-state index in [9.17, 15) is 24.3 Å². The van der Waals surface area contributed by atoms with Crippen molar-refractivity contribution >= 4 is 23.9 Å². The average Bonchev–Trinajstić information content (AvgIpc) is 3.31. The van der Waals surface area contributed by atoms with E-state index in [1.807, 2.05) is 78.9 Å². The average molecular weight is 602 g/mol. The first kappa shape index (κ1) is 32.2. The lowest BCUT2D eigenvalue weighted by Crippen LogP contribution is -2.52. The molecule has 10 heteroatoms. The van der Waals surface area contributed by atoms with Crippen molar-refractivity contribution in [1.82, 2.24) is 16.0 Å². The number of alkyl carbamates (subject to hydrolysis) is 1. The molecule has 0 bridgehead atoms. The van der Waals surface area contributed by atoms with E-state index in [1.54, 1.807) is 20.8 Å². The van der Waals surface area contributed by atoms with Gasteiger partial charge in [0.15, 0.2) is 0 Å². The van der Waals surface area contributed by atoms with Crippen LogP contribution in [0.1, 0.15) is 50.3 Å². The second kappa shape index (κ2) is 14.2. The molecular weight excluding hydrogens is 562 g/mol. The molecule has 0 unspecified atom stereocenters. The first-order valence-corrected chi connectivity index (χ1v) is 14.6. The standard InChI is InChI=1S/C34H39N3O7/c1-21(36-33(42)43-20-27-25-16-10-8-14-23(25)24-15-9-11-17-26(24)27)30(39)35-19-29(38)31(40)37-28(32(41)44-34(2,3)4)18-22-12-6-5-7-13-22/h5-17,21,27-29,38H,18-20H2,1-4H3,(H,35,39)(H,36,42)(H,37,40)/t21-,28-,29-/m0/s1. The van der Waals surface area contributed by atoms with Crippen LogP contribution in [0.5, 0.6) is 0 Å². The molecule has 1 aliphatic carbocycles. The molecular formula is C34H39N3O7. The maximum absolute atomic E-state index is 12.8. The van der Waals surface area contributed by atoms with Crippen molar-refractivity contribution < 1.29 is 33.8 Å². The van der Waals surface area contributed by atoms with Crippen LogP contribution in [-0.4, -0.2) is 65.9 Å². The van der Waals surface area contributed by atoms with Gasteiger partial charge in [-0.05, 0) is 55.5 Å². The molecule has 3 atom stereocenters. The first-order chi connectivity index (χ1) is 20.9. The van der Waals surface area contributed by atoms with Gasteiger partial charge >= 0.3 is 12.1 Å². The SMILES string of the molecule is C[C@H](NC(=O)OCC1c2ccccc2-c2ccccc21)C(=O)NC[C@H](O)C(=O)N[C@@H](Cc1ccccc1)C(=O)OC(C)(C)C. The largest absolute Gasteiger partial charge is 0.458 e. The predicted molar refractivity (Wildman–Crippen MR) is 165 cm³/mol. The highest BCUT2D eigenvalue weighted by molar-refractivity contribution is 5.89. The number of fused-ring (bicyclic) bond motifs is 3. The molecule has 3 amide bonds. The Balaban J connectivity index is 1.26. The smallest absolute Gasteiger partial charge is 0.407 e. The Morgan fingerprint density at radius 3 is 1.98 bits per heavy atom. The monoisotopic (exact) mass is 601 g/mol. The Kier molecular flexibility index (Phi) is 10.4. The summed E-state index contributed by atoms with van der Waals surface area (Å²) in [6.07, 6.45) is -2.27. The third-order valence-electron chi connectivity index (χ3n) is 7.13. The maximum Gasteiger partial charge on any atom is 0.407 e. The van der Waals surface area contributed by atoms with E-state index in [2.05, 4.69) is 16.0 Å². The number of benzene rings is 3. The molecule has 10 nitrogen and oxygen atoms in total. The van der Waals surface area contributed by atoms with Gasteiger partial charge in [0.05, 0.1) is 6.54 Å². The zero-order chi connectivity index (χ0) is 31.9. The summed E-state index contributed by atoms with van der Waals surface area (Å²) in [5.74, 6) is -2.25. The van der Waals surface area contributed by atoms with Crippen molar-refractivity contribution in [3.8, 4) is 11.1 Å². The molecule has 0 aliphatic heterocycles. The van der Waals surface area contributed by atoms with E-state index >= 15 is 0 Å². The lowest BCUT2D eigenvalue weighted by Gasteiger charge is -2.25. The van der Waals surface area contributed by atoms with Crippen molar-refractivity contribution in [3.63, 3.8) is 0 Å². The molecule has 0 saturated carbocycles.